The summed E-state index contributed by atoms with van der Waals surface area (Å²) >= 11 is 0. The molecule has 1 aromatic heterocycles. The highest BCUT2D eigenvalue weighted by atomic mass is 16.5. The molecule has 1 heterocycles. The van der Waals surface area contributed by atoms with Crippen LogP contribution in [-0.2, 0) is 27.2 Å². The maximum absolute atomic E-state index is 14.0. The second-order valence-corrected chi connectivity index (χ2v) is 12.5. The number of aryl methyl sites for hydroxylation is 1. The summed E-state index contributed by atoms with van der Waals surface area (Å²) in [4.78, 5) is 53.2. The Labute approximate surface area is 285 Å². The van der Waals surface area contributed by atoms with Crippen LogP contribution in [0.2, 0.25) is 0 Å². The van der Waals surface area contributed by atoms with E-state index in [4.69, 9.17) is 4.74 Å². The molecule has 0 unspecified atom stereocenters. The first-order valence-corrected chi connectivity index (χ1v) is 17.1. The Balaban J connectivity index is 1.25. The highest BCUT2D eigenvalue weighted by Crippen LogP contribution is 2.32. The summed E-state index contributed by atoms with van der Waals surface area (Å²) in [6, 6.07) is 30.9. The standard InChI is InChI=1S/C40H42N4O5/c1-2-49-37(45)25-20-28-18-22-31(23-19-28)41-39(47)35(26-29-12-6-3-7-13-29)42-38(46)30-21-24-36-34(27-30)40(48)44(33-16-10-5-11-17-33)43(36)32-14-8-4-9-15-32/h3,5-7,10-13,16-19,21-24,27,32,35H,2,4,8-9,14-15,20,25-26H2,1H3,(H,41,47)(H,42,46)/t35-/m0/s1. The van der Waals surface area contributed by atoms with Crippen molar-refractivity contribution in [3.05, 3.63) is 130 Å². The molecule has 1 fully saturated rings. The van der Waals surface area contributed by atoms with Crippen LogP contribution in [0.3, 0.4) is 0 Å². The van der Waals surface area contributed by atoms with E-state index in [0.717, 1.165) is 48.0 Å². The highest BCUT2D eigenvalue weighted by Gasteiger charge is 2.26. The second kappa shape index (κ2) is 15.6. The number of aromatic nitrogens is 2. The molecule has 252 valence electrons. The van der Waals surface area contributed by atoms with E-state index in [0.29, 0.717) is 29.7 Å². The largest absolute Gasteiger partial charge is 0.466 e. The van der Waals surface area contributed by atoms with Gasteiger partial charge in [0.2, 0.25) is 5.91 Å². The molecule has 49 heavy (non-hydrogen) atoms. The van der Waals surface area contributed by atoms with Gasteiger partial charge in [0.25, 0.3) is 11.5 Å². The van der Waals surface area contributed by atoms with Crippen molar-refractivity contribution in [1.82, 2.24) is 14.7 Å². The molecule has 6 rings (SSSR count). The minimum absolute atomic E-state index is 0.175. The van der Waals surface area contributed by atoms with E-state index in [1.807, 2.05) is 78.9 Å². The van der Waals surface area contributed by atoms with Crippen molar-refractivity contribution < 1.29 is 19.1 Å². The summed E-state index contributed by atoms with van der Waals surface area (Å²) in [7, 11) is 0. The minimum atomic E-state index is -0.887. The zero-order valence-electron chi connectivity index (χ0n) is 27.8. The molecule has 1 atom stereocenters. The summed E-state index contributed by atoms with van der Waals surface area (Å²) in [5.74, 6) is -1.06. The van der Waals surface area contributed by atoms with Crippen LogP contribution in [-0.4, -0.2) is 39.8 Å². The lowest BCUT2D eigenvalue weighted by Crippen LogP contribution is -2.45. The van der Waals surface area contributed by atoms with Gasteiger partial charge in [0.1, 0.15) is 6.04 Å². The molecule has 9 heteroatoms. The third-order valence-electron chi connectivity index (χ3n) is 9.11. The Morgan fingerprint density at radius 2 is 1.53 bits per heavy atom. The highest BCUT2D eigenvalue weighted by molar-refractivity contribution is 6.03. The van der Waals surface area contributed by atoms with Gasteiger partial charge in [0.05, 0.1) is 29.2 Å². The van der Waals surface area contributed by atoms with Gasteiger partial charge in [-0.3, -0.25) is 23.9 Å². The average Bonchev–Trinajstić information content (AvgIpc) is 3.43. The number of ether oxygens (including phenoxy) is 1. The molecule has 0 aliphatic heterocycles. The van der Waals surface area contributed by atoms with E-state index < -0.39 is 11.9 Å². The number of amides is 2. The van der Waals surface area contributed by atoms with Crippen molar-refractivity contribution in [2.75, 3.05) is 11.9 Å². The smallest absolute Gasteiger partial charge is 0.306 e. The summed E-state index contributed by atoms with van der Waals surface area (Å²) in [5, 5.41) is 6.34. The minimum Gasteiger partial charge on any atom is -0.466 e. The fourth-order valence-electron chi connectivity index (χ4n) is 6.63. The fraction of sp³-hybridized carbons (Fsp3) is 0.300. The fourth-order valence-corrected chi connectivity index (χ4v) is 6.63. The van der Waals surface area contributed by atoms with Crippen LogP contribution in [0.5, 0.6) is 0 Å². The molecule has 0 saturated heterocycles. The Bertz CT molecular complexity index is 1960. The zero-order chi connectivity index (χ0) is 34.2. The second-order valence-electron chi connectivity index (χ2n) is 12.5. The zero-order valence-corrected chi connectivity index (χ0v) is 27.8. The Morgan fingerprint density at radius 3 is 2.22 bits per heavy atom. The molecular weight excluding hydrogens is 616 g/mol. The lowest BCUT2D eigenvalue weighted by atomic mass is 9.95. The number of hydrogen-bond acceptors (Lipinski definition) is 5. The SMILES string of the molecule is CCOC(=O)CCc1ccc(NC(=O)[C@H](Cc2ccccc2)NC(=O)c2ccc3c(c2)c(=O)n(-c2ccccc2)n3C2CCCCC2)cc1. The lowest BCUT2D eigenvalue weighted by Gasteiger charge is -2.26. The number of carbonyl (C=O) groups is 3. The van der Waals surface area contributed by atoms with E-state index >= 15 is 0 Å². The van der Waals surface area contributed by atoms with Crippen LogP contribution in [0, 0.1) is 0 Å². The number of nitrogens with one attached hydrogen (secondary N) is 2. The first-order chi connectivity index (χ1) is 23.9. The van der Waals surface area contributed by atoms with E-state index in [2.05, 4.69) is 15.3 Å². The van der Waals surface area contributed by atoms with Crippen LogP contribution >= 0.6 is 0 Å². The first-order valence-electron chi connectivity index (χ1n) is 17.1. The summed E-state index contributed by atoms with van der Waals surface area (Å²) in [5.41, 5.74) is 4.12. The van der Waals surface area contributed by atoms with Gasteiger partial charge in [-0.2, -0.15) is 0 Å². The number of hydrogen-bond donors (Lipinski definition) is 2. The third-order valence-corrected chi connectivity index (χ3v) is 9.11. The maximum Gasteiger partial charge on any atom is 0.306 e. The van der Waals surface area contributed by atoms with Crippen LogP contribution in [0.4, 0.5) is 5.69 Å². The molecule has 9 nitrogen and oxygen atoms in total. The predicted octanol–water partition coefficient (Wildman–Crippen LogP) is 6.77. The molecule has 5 aromatic rings. The molecule has 2 N–H and O–H groups in total. The van der Waals surface area contributed by atoms with Gasteiger partial charge in [-0.1, -0.05) is 79.9 Å². The summed E-state index contributed by atoms with van der Waals surface area (Å²) in [6.45, 7) is 2.13. The number of esters is 1. The average molecular weight is 659 g/mol. The van der Waals surface area contributed by atoms with E-state index in [9.17, 15) is 19.2 Å². The Kier molecular flexibility index (Phi) is 10.7. The summed E-state index contributed by atoms with van der Waals surface area (Å²) in [6.07, 6.45) is 6.48. The monoisotopic (exact) mass is 658 g/mol. The van der Waals surface area contributed by atoms with Crippen LogP contribution in [0.25, 0.3) is 16.6 Å². The molecule has 4 aromatic carbocycles. The normalized spacial score (nSPS) is 13.9. The number of carbonyl (C=O) groups excluding carboxylic acids is 3. The van der Waals surface area contributed by atoms with Gasteiger partial charge in [-0.25, -0.2) is 4.68 Å². The van der Waals surface area contributed by atoms with Gasteiger partial charge in [0.15, 0.2) is 0 Å². The molecular formula is C40H42N4O5. The van der Waals surface area contributed by atoms with E-state index in [-0.39, 0.29) is 36.3 Å². The maximum atomic E-state index is 14.0. The number of fused-ring (bicyclic) bond motifs is 1. The van der Waals surface area contributed by atoms with Crippen molar-refractivity contribution in [2.24, 2.45) is 0 Å². The van der Waals surface area contributed by atoms with Crippen molar-refractivity contribution in [1.29, 1.82) is 0 Å². The van der Waals surface area contributed by atoms with Crippen molar-refractivity contribution in [3.8, 4) is 5.69 Å². The lowest BCUT2D eigenvalue weighted by molar-refractivity contribution is -0.143. The van der Waals surface area contributed by atoms with Crippen LogP contribution in [0.1, 0.15) is 73.0 Å². The van der Waals surface area contributed by atoms with Gasteiger partial charge >= 0.3 is 5.97 Å². The molecule has 2 amide bonds. The molecule has 0 spiro atoms. The molecule has 0 radical (unpaired) electrons. The Hall–Kier alpha value is -5.44. The van der Waals surface area contributed by atoms with Crippen molar-refractivity contribution >= 4 is 34.4 Å². The Morgan fingerprint density at radius 1 is 0.837 bits per heavy atom. The number of anilines is 1. The molecule has 1 aliphatic rings. The van der Waals surface area contributed by atoms with Gasteiger partial charge in [-0.05, 0) is 79.8 Å². The molecule has 1 saturated carbocycles. The van der Waals surface area contributed by atoms with E-state index in [1.54, 1.807) is 35.9 Å². The third kappa shape index (κ3) is 8.00. The van der Waals surface area contributed by atoms with Gasteiger partial charge in [0, 0.05) is 24.1 Å². The quantitative estimate of drug-likeness (QED) is 0.144. The summed E-state index contributed by atoms with van der Waals surface area (Å²) < 4.78 is 8.87. The topological polar surface area (TPSA) is 111 Å². The first kappa shape index (κ1) is 33.5. The number of benzene rings is 4. The van der Waals surface area contributed by atoms with E-state index in [1.165, 1.54) is 6.42 Å². The number of rotatable bonds is 12. The van der Waals surface area contributed by atoms with Crippen molar-refractivity contribution in [2.45, 2.75) is 70.4 Å². The van der Waals surface area contributed by atoms with Crippen LogP contribution in [0.15, 0.2) is 108 Å². The number of nitrogens with zero attached hydrogens (tertiary/aromatic N) is 2. The van der Waals surface area contributed by atoms with Crippen molar-refractivity contribution in [3.63, 3.8) is 0 Å². The number of para-hydroxylation sites is 1. The van der Waals surface area contributed by atoms with Gasteiger partial charge < -0.3 is 15.4 Å². The molecule has 0 bridgehead atoms. The van der Waals surface area contributed by atoms with Crippen LogP contribution < -0.4 is 16.2 Å². The molecule has 1 aliphatic carbocycles. The predicted molar refractivity (Wildman–Crippen MR) is 191 cm³/mol. The van der Waals surface area contributed by atoms with Gasteiger partial charge in [-0.15, -0.1) is 0 Å².